The van der Waals surface area contributed by atoms with E-state index in [2.05, 4.69) is 5.32 Å². The Morgan fingerprint density at radius 3 is 2.16 bits per heavy atom. The molecule has 0 saturated carbocycles. The van der Waals surface area contributed by atoms with Crippen molar-refractivity contribution < 1.29 is 19.1 Å². The molecule has 0 aromatic heterocycles. The summed E-state index contributed by atoms with van der Waals surface area (Å²) < 4.78 is 9.94. The van der Waals surface area contributed by atoms with Gasteiger partial charge in [0.05, 0.1) is 31.4 Å². The van der Waals surface area contributed by atoms with Gasteiger partial charge in [0.15, 0.2) is 0 Å². The predicted octanol–water partition coefficient (Wildman–Crippen LogP) is 3.86. The number of hydrogen-bond donors (Lipinski definition) is 1. The molecule has 25 heavy (non-hydrogen) atoms. The maximum Gasteiger partial charge on any atom is 0.339 e. The summed E-state index contributed by atoms with van der Waals surface area (Å²) in [5, 5.41) is 2.86. The third-order valence-electron chi connectivity index (χ3n) is 4.01. The second-order valence-corrected chi connectivity index (χ2v) is 6.02. The number of amides is 1. The molecule has 0 fully saturated rings. The number of nitrogens with one attached hydrogen (secondary N) is 1. The number of ether oxygens (including phenoxy) is 2. The van der Waals surface area contributed by atoms with Crippen LogP contribution in [0.3, 0.4) is 0 Å². The molecule has 0 aliphatic rings. The number of esters is 1. The first-order valence-electron chi connectivity index (χ1n) is 8.10. The average Bonchev–Trinajstić information content (AvgIpc) is 2.62. The second kappa shape index (κ2) is 8.33. The van der Waals surface area contributed by atoms with Gasteiger partial charge in [0.2, 0.25) is 5.91 Å². The molecular weight excluding hydrogens is 318 g/mol. The molecule has 2 aromatic carbocycles. The number of carbonyl (C=O) groups excluding carboxylic acids is 2. The quantitative estimate of drug-likeness (QED) is 0.810. The summed E-state index contributed by atoms with van der Waals surface area (Å²) in [5.74, 6) is -0.184. The third kappa shape index (κ3) is 4.38. The maximum absolute atomic E-state index is 12.9. The minimum absolute atomic E-state index is 0.0821. The number of rotatable bonds is 6. The smallest absolute Gasteiger partial charge is 0.339 e. The molecular formula is C20H23NO4. The zero-order valence-electron chi connectivity index (χ0n) is 14.9. The van der Waals surface area contributed by atoms with Crippen molar-refractivity contribution in [2.24, 2.45) is 5.92 Å². The Kier molecular flexibility index (Phi) is 6.17. The highest BCUT2D eigenvalue weighted by atomic mass is 16.5. The van der Waals surface area contributed by atoms with Crippen LogP contribution in [0.2, 0.25) is 0 Å². The lowest BCUT2D eigenvalue weighted by atomic mass is 9.87. The summed E-state index contributed by atoms with van der Waals surface area (Å²) in [6.45, 7) is 3.97. The molecule has 0 saturated heterocycles. The van der Waals surface area contributed by atoms with Crippen LogP contribution in [0.4, 0.5) is 5.69 Å². The van der Waals surface area contributed by atoms with Crippen molar-refractivity contribution >= 4 is 17.6 Å². The molecule has 132 valence electrons. The van der Waals surface area contributed by atoms with Gasteiger partial charge >= 0.3 is 5.97 Å². The van der Waals surface area contributed by atoms with Crippen molar-refractivity contribution in [3.05, 3.63) is 59.7 Å². The molecule has 0 radical (unpaired) electrons. The van der Waals surface area contributed by atoms with E-state index >= 15 is 0 Å². The van der Waals surface area contributed by atoms with Crippen LogP contribution in [0.15, 0.2) is 48.5 Å². The molecule has 0 spiro atoms. The van der Waals surface area contributed by atoms with Gasteiger partial charge in [0.25, 0.3) is 0 Å². The number of hydrogen-bond acceptors (Lipinski definition) is 4. The lowest BCUT2D eigenvalue weighted by Gasteiger charge is -2.21. The Bertz CT molecular complexity index is 738. The van der Waals surface area contributed by atoms with Crippen LogP contribution in [0, 0.1) is 5.92 Å². The lowest BCUT2D eigenvalue weighted by molar-refractivity contribution is -0.118. The molecule has 1 amide bonds. The first-order chi connectivity index (χ1) is 12.0. The number of anilines is 1. The van der Waals surface area contributed by atoms with Crippen molar-refractivity contribution in [2.45, 2.75) is 19.8 Å². The first kappa shape index (κ1) is 18.5. The van der Waals surface area contributed by atoms with Gasteiger partial charge in [-0.2, -0.15) is 0 Å². The van der Waals surface area contributed by atoms with Gasteiger partial charge in [0.1, 0.15) is 5.75 Å². The molecule has 5 heteroatoms. The first-order valence-corrected chi connectivity index (χ1v) is 8.10. The Morgan fingerprint density at radius 2 is 1.60 bits per heavy atom. The summed E-state index contributed by atoms with van der Waals surface area (Å²) >= 11 is 0. The summed E-state index contributed by atoms with van der Waals surface area (Å²) in [5.41, 5.74) is 1.66. The normalized spacial score (nSPS) is 11.7. The minimum Gasteiger partial charge on any atom is -0.497 e. The molecule has 0 aliphatic carbocycles. The van der Waals surface area contributed by atoms with E-state index in [4.69, 9.17) is 9.47 Å². The topological polar surface area (TPSA) is 64.6 Å². The maximum atomic E-state index is 12.9. The van der Waals surface area contributed by atoms with E-state index in [1.165, 1.54) is 7.11 Å². The monoisotopic (exact) mass is 341 g/mol. The number of benzene rings is 2. The molecule has 0 heterocycles. The summed E-state index contributed by atoms with van der Waals surface area (Å²) in [7, 11) is 2.92. The standard InChI is InChI=1S/C20H23NO4/c1-13(2)18(14-9-11-15(24-3)12-10-14)19(22)21-17-8-6-5-7-16(17)20(23)25-4/h5-13,18H,1-4H3,(H,21,22). The second-order valence-electron chi connectivity index (χ2n) is 6.02. The minimum atomic E-state index is -0.485. The van der Waals surface area contributed by atoms with E-state index in [-0.39, 0.29) is 17.7 Å². The zero-order chi connectivity index (χ0) is 18.4. The lowest BCUT2D eigenvalue weighted by Crippen LogP contribution is -2.26. The highest BCUT2D eigenvalue weighted by Gasteiger charge is 2.25. The molecule has 1 atom stereocenters. The van der Waals surface area contributed by atoms with Gasteiger partial charge in [0, 0.05) is 0 Å². The zero-order valence-corrected chi connectivity index (χ0v) is 14.9. The average molecular weight is 341 g/mol. The van der Waals surface area contributed by atoms with Crippen LogP contribution >= 0.6 is 0 Å². The summed E-state index contributed by atoms with van der Waals surface area (Å²) in [6, 6.07) is 14.2. The largest absolute Gasteiger partial charge is 0.497 e. The van der Waals surface area contributed by atoms with Crippen LogP contribution in [0.25, 0.3) is 0 Å². The number of carbonyl (C=O) groups is 2. The van der Waals surface area contributed by atoms with E-state index in [0.717, 1.165) is 11.3 Å². The molecule has 0 bridgehead atoms. The van der Waals surface area contributed by atoms with Crippen molar-refractivity contribution in [1.82, 2.24) is 0 Å². The van der Waals surface area contributed by atoms with Gasteiger partial charge in [-0.1, -0.05) is 38.1 Å². The molecule has 5 nitrogen and oxygen atoms in total. The Labute approximate surface area is 148 Å². The molecule has 0 aliphatic heterocycles. The van der Waals surface area contributed by atoms with Crippen LogP contribution in [-0.2, 0) is 9.53 Å². The van der Waals surface area contributed by atoms with E-state index in [0.29, 0.717) is 11.3 Å². The highest BCUT2D eigenvalue weighted by Crippen LogP contribution is 2.28. The van der Waals surface area contributed by atoms with Crippen LogP contribution in [0.1, 0.15) is 35.7 Å². The Morgan fingerprint density at radius 1 is 0.960 bits per heavy atom. The third-order valence-corrected chi connectivity index (χ3v) is 4.01. The molecule has 2 rings (SSSR count). The van der Waals surface area contributed by atoms with Crippen LogP contribution in [-0.4, -0.2) is 26.1 Å². The van der Waals surface area contributed by atoms with Gasteiger partial charge < -0.3 is 14.8 Å². The fourth-order valence-electron chi connectivity index (χ4n) is 2.74. The molecule has 1 unspecified atom stereocenters. The predicted molar refractivity (Wildman–Crippen MR) is 97.0 cm³/mol. The van der Waals surface area contributed by atoms with Gasteiger partial charge in [-0.05, 0) is 35.7 Å². The van der Waals surface area contributed by atoms with Crippen molar-refractivity contribution in [3.8, 4) is 5.75 Å². The SMILES string of the molecule is COC(=O)c1ccccc1NC(=O)C(c1ccc(OC)cc1)C(C)C. The number of para-hydroxylation sites is 1. The van der Waals surface area contributed by atoms with E-state index in [9.17, 15) is 9.59 Å². The van der Waals surface area contributed by atoms with Gasteiger partial charge in [-0.3, -0.25) is 4.79 Å². The van der Waals surface area contributed by atoms with Crippen molar-refractivity contribution in [2.75, 3.05) is 19.5 Å². The van der Waals surface area contributed by atoms with Crippen molar-refractivity contribution in [3.63, 3.8) is 0 Å². The highest BCUT2D eigenvalue weighted by molar-refractivity contribution is 6.03. The van der Waals surface area contributed by atoms with E-state index < -0.39 is 5.97 Å². The molecule has 2 aromatic rings. The van der Waals surface area contributed by atoms with Crippen molar-refractivity contribution in [1.29, 1.82) is 0 Å². The Balaban J connectivity index is 2.28. The fraction of sp³-hybridized carbons (Fsp3) is 0.300. The van der Waals surface area contributed by atoms with E-state index in [1.807, 2.05) is 38.1 Å². The van der Waals surface area contributed by atoms with Crippen LogP contribution < -0.4 is 10.1 Å². The van der Waals surface area contributed by atoms with Gasteiger partial charge in [-0.25, -0.2) is 4.79 Å². The fourth-order valence-corrected chi connectivity index (χ4v) is 2.74. The van der Waals surface area contributed by atoms with E-state index in [1.54, 1.807) is 31.4 Å². The summed E-state index contributed by atoms with van der Waals surface area (Å²) in [4.78, 5) is 24.8. The Hall–Kier alpha value is -2.82. The summed E-state index contributed by atoms with van der Waals surface area (Å²) in [6.07, 6.45) is 0. The number of methoxy groups -OCH3 is 2. The van der Waals surface area contributed by atoms with Gasteiger partial charge in [-0.15, -0.1) is 0 Å². The molecule has 1 N–H and O–H groups in total. The van der Waals surface area contributed by atoms with Crippen LogP contribution in [0.5, 0.6) is 5.75 Å².